The smallest absolute Gasteiger partial charge is 0.411 e. The van der Waals surface area contributed by atoms with E-state index in [1.807, 2.05) is 31.2 Å². The molecule has 26 heavy (non-hydrogen) atoms. The van der Waals surface area contributed by atoms with Crippen LogP contribution >= 0.6 is 0 Å². The first-order valence-corrected chi connectivity index (χ1v) is 8.55. The van der Waals surface area contributed by atoms with Gasteiger partial charge in [-0.1, -0.05) is 54.6 Å². The van der Waals surface area contributed by atoms with Crippen LogP contribution in [-0.4, -0.2) is 17.8 Å². The van der Waals surface area contributed by atoms with Gasteiger partial charge in [-0.05, 0) is 40.8 Å². The van der Waals surface area contributed by atoms with Gasteiger partial charge in [0.2, 0.25) is 0 Å². The molecule has 1 aliphatic carbocycles. The number of hydrogen-bond donors (Lipinski definition) is 2. The van der Waals surface area contributed by atoms with Gasteiger partial charge in [-0.25, -0.2) is 4.79 Å². The Kier molecular flexibility index (Phi) is 4.09. The number of hydrogen-bond acceptors (Lipinski definition) is 3. The number of phenols is 1. The molecule has 4 rings (SSSR count). The van der Waals surface area contributed by atoms with Gasteiger partial charge in [-0.2, -0.15) is 0 Å². The second-order valence-corrected chi connectivity index (χ2v) is 6.45. The zero-order valence-electron chi connectivity index (χ0n) is 14.4. The summed E-state index contributed by atoms with van der Waals surface area (Å²) in [6.07, 6.45) is -0.527. The molecule has 3 aromatic carbocycles. The summed E-state index contributed by atoms with van der Waals surface area (Å²) in [5, 5.41) is 12.3. The van der Waals surface area contributed by atoms with Crippen LogP contribution in [0.15, 0.2) is 66.7 Å². The summed E-state index contributed by atoms with van der Waals surface area (Å²) in [7, 11) is 0. The molecule has 130 valence electrons. The van der Waals surface area contributed by atoms with Crippen molar-refractivity contribution in [1.82, 2.24) is 0 Å². The third kappa shape index (κ3) is 2.90. The molecule has 0 bridgehead atoms. The van der Waals surface area contributed by atoms with E-state index in [0.29, 0.717) is 5.69 Å². The van der Waals surface area contributed by atoms with Crippen molar-refractivity contribution in [2.75, 3.05) is 11.9 Å². The van der Waals surface area contributed by atoms with E-state index >= 15 is 0 Å². The van der Waals surface area contributed by atoms with Gasteiger partial charge in [0.25, 0.3) is 0 Å². The van der Waals surface area contributed by atoms with Crippen LogP contribution < -0.4 is 5.32 Å². The first-order valence-electron chi connectivity index (χ1n) is 8.55. The Bertz CT molecular complexity index is 935. The summed E-state index contributed by atoms with van der Waals surface area (Å²) in [6.45, 7) is 2.12. The minimum absolute atomic E-state index is 0.0263. The van der Waals surface area contributed by atoms with Crippen molar-refractivity contribution in [3.63, 3.8) is 0 Å². The summed E-state index contributed by atoms with van der Waals surface area (Å²) in [5.74, 6) is 0.128. The summed E-state index contributed by atoms with van der Waals surface area (Å²) in [4.78, 5) is 12.2. The van der Waals surface area contributed by atoms with Gasteiger partial charge in [0.15, 0.2) is 0 Å². The quantitative estimate of drug-likeness (QED) is 0.697. The molecule has 0 aliphatic heterocycles. The van der Waals surface area contributed by atoms with Gasteiger partial charge in [-0.15, -0.1) is 0 Å². The Balaban J connectivity index is 1.51. The van der Waals surface area contributed by atoms with E-state index in [1.165, 1.54) is 28.3 Å². The van der Waals surface area contributed by atoms with Crippen molar-refractivity contribution < 1.29 is 14.6 Å². The highest BCUT2D eigenvalue weighted by molar-refractivity contribution is 5.86. The Hall–Kier alpha value is -3.27. The fourth-order valence-electron chi connectivity index (χ4n) is 3.49. The third-order valence-corrected chi connectivity index (χ3v) is 4.80. The van der Waals surface area contributed by atoms with Crippen LogP contribution in [0.3, 0.4) is 0 Å². The van der Waals surface area contributed by atoms with Crippen molar-refractivity contribution in [3.05, 3.63) is 83.4 Å². The lowest BCUT2D eigenvalue weighted by atomic mass is 9.98. The zero-order valence-corrected chi connectivity index (χ0v) is 14.4. The molecule has 0 spiro atoms. The number of anilines is 1. The molecular weight excluding hydrogens is 326 g/mol. The number of fused-ring (bicyclic) bond motifs is 3. The lowest BCUT2D eigenvalue weighted by Gasteiger charge is -2.15. The maximum absolute atomic E-state index is 12.2. The molecule has 3 aromatic rings. The number of amides is 1. The summed E-state index contributed by atoms with van der Waals surface area (Å²) in [6, 6.07) is 21.3. The van der Waals surface area contributed by atoms with E-state index in [0.717, 1.165) is 5.56 Å². The summed E-state index contributed by atoms with van der Waals surface area (Å²) < 4.78 is 5.51. The highest BCUT2D eigenvalue weighted by Crippen LogP contribution is 2.44. The van der Waals surface area contributed by atoms with Crippen LogP contribution in [0.25, 0.3) is 11.1 Å². The normalized spacial score (nSPS) is 12.3. The lowest BCUT2D eigenvalue weighted by Crippen LogP contribution is -2.18. The maximum Gasteiger partial charge on any atom is 0.411 e. The second-order valence-electron chi connectivity index (χ2n) is 6.45. The maximum atomic E-state index is 12.2. The fourth-order valence-corrected chi connectivity index (χ4v) is 3.49. The number of rotatable bonds is 3. The molecule has 0 atom stereocenters. The molecule has 4 heteroatoms. The number of carbonyl (C=O) groups excluding carboxylic acids is 1. The number of aromatic hydroxyl groups is 1. The number of aryl methyl sites for hydroxylation is 1. The van der Waals surface area contributed by atoms with Crippen LogP contribution in [0.5, 0.6) is 5.75 Å². The molecule has 0 unspecified atom stereocenters. The molecule has 0 heterocycles. The van der Waals surface area contributed by atoms with Crippen molar-refractivity contribution in [2.45, 2.75) is 12.8 Å². The van der Waals surface area contributed by atoms with E-state index in [9.17, 15) is 9.90 Å². The van der Waals surface area contributed by atoms with Crippen LogP contribution in [-0.2, 0) is 4.74 Å². The molecule has 0 radical (unpaired) electrons. The van der Waals surface area contributed by atoms with Gasteiger partial charge in [0.1, 0.15) is 12.4 Å². The first-order chi connectivity index (χ1) is 12.6. The monoisotopic (exact) mass is 345 g/mol. The standard InChI is InChI=1S/C22H19NO3/c1-14-10-11-15(24)12-21(14)23-22(25)26-13-20-18-8-4-2-6-16(18)17-7-3-5-9-19(17)20/h2-12,20,24H,13H2,1H3,(H,23,25). The van der Waals surface area contributed by atoms with Crippen LogP contribution in [0.1, 0.15) is 22.6 Å². The number of phenolic OH excluding ortho intramolecular Hbond substituents is 1. The van der Waals surface area contributed by atoms with Gasteiger partial charge in [0, 0.05) is 12.0 Å². The number of ether oxygens (including phenoxy) is 1. The van der Waals surface area contributed by atoms with Gasteiger partial charge in [-0.3, -0.25) is 5.32 Å². The average Bonchev–Trinajstić information content (AvgIpc) is 2.97. The van der Waals surface area contributed by atoms with Crippen molar-refractivity contribution in [3.8, 4) is 16.9 Å². The molecule has 4 nitrogen and oxygen atoms in total. The predicted octanol–water partition coefficient (Wildman–Crippen LogP) is 5.06. The Morgan fingerprint density at radius 3 is 2.27 bits per heavy atom. The summed E-state index contributed by atoms with van der Waals surface area (Å²) in [5.41, 5.74) is 6.14. The minimum atomic E-state index is -0.527. The molecule has 2 N–H and O–H groups in total. The molecule has 0 fully saturated rings. The van der Waals surface area contributed by atoms with Crippen molar-refractivity contribution >= 4 is 11.8 Å². The SMILES string of the molecule is Cc1ccc(O)cc1NC(=O)OCC1c2ccccc2-c2ccccc21. The Morgan fingerprint density at radius 2 is 1.62 bits per heavy atom. The lowest BCUT2D eigenvalue weighted by molar-refractivity contribution is 0.158. The number of nitrogens with one attached hydrogen (secondary N) is 1. The van der Waals surface area contributed by atoms with Crippen LogP contribution in [0.4, 0.5) is 10.5 Å². The van der Waals surface area contributed by atoms with Gasteiger partial charge in [0.05, 0.1) is 5.69 Å². The second kappa shape index (κ2) is 6.56. The number of carbonyl (C=O) groups is 1. The minimum Gasteiger partial charge on any atom is -0.508 e. The largest absolute Gasteiger partial charge is 0.508 e. The van der Waals surface area contributed by atoms with Crippen LogP contribution in [0.2, 0.25) is 0 Å². The fraction of sp³-hybridized carbons (Fsp3) is 0.136. The van der Waals surface area contributed by atoms with E-state index in [4.69, 9.17) is 4.74 Å². The summed E-state index contributed by atoms with van der Waals surface area (Å²) >= 11 is 0. The van der Waals surface area contributed by atoms with Gasteiger partial charge >= 0.3 is 6.09 Å². The highest BCUT2D eigenvalue weighted by atomic mass is 16.5. The van der Waals surface area contributed by atoms with Gasteiger partial charge < -0.3 is 9.84 Å². The molecule has 1 aliphatic rings. The van der Waals surface area contributed by atoms with E-state index in [-0.39, 0.29) is 18.3 Å². The molecule has 0 aromatic heterocycles. The molecule has 0 saturated heterocycles. The van der Waals surface area contributed by atoms with E-state index in [2.05, 4.69) is 29.6 Å². The first kappa shape index (κ1) is 16.2. The predicted molar refractivity (Wildman–Crippen MR) is 102 cm³/mol. The zero-order chi connectivity index (χ0) is 18.1. The third-order valence-electron chi connectivity index (χ3n) is 4.80. The van der Waals surface area contributed by atoms with Crippen LogP contribution in [0, 0.1) is 6.92 Å². The van der Waals surface area contributed by atoms with E-state index < -0.39 is 6.09 Å². The molecular formula is C22H19NO3. The highest BCUT2D eigenvalue weighted by Gasteiger charge is 2.29. The molecule has 0 saturated carbocycles. The average molecular weight is 345 g/mol. The van der Waals surface area contributed by atoms with Crippen molar-refractivity contribution in [2.24, 2.45) is 0 Å². The van der Waals surface area contributed by atoms with E-state index in [1.54, 1.807) is 12.1 Å². The number of benzene rings is 3. The topological polar surface area (TPSA) is 58.6 Å². The van der Waals surface area contributed by atoms with Crippen molar-refractivity contribution in [1.29, 1.82) is 0 Å². The Labute approximate surface area is 152 Å². The Morgan fingerprint density at radius 1 is 1.00 bits per heavy atom. The molecule has 1 amide bonds.